The molecule has 5 nitrogen and oxygen atoms in total. The highest BCUT2D eigenvalue weighted by atomic mass is 32.1. The fraction of sp³-hybridized carbons (Fsp3) is 0.529. The Morgan fingerprint density at radius 1 is 1.26 bits per heavy atom. The molecule has 1 aliphatic rings. The van der Waals surface area contributed by atoms with Crippen LogP contribution in [0.4, 0.5) is 10.8 Å². The third kappa shape index (κ3) is 3.82. The number of rotatable bonds is 5. The third-order valence-corrected chi connectivity index (χ3v) is 5.33. The highest BCUT2D eigenvalue weighted by Gasteiger charge is 2.16. The summed E-state index contributed by atoms with van der Waals surface area (Å²) in [6, 6.07) is 6.57. The Morgan fingerprint density at radius 3 is 2.74 bits per heavy atom. The second kappa shape index (κ2) is 7.27. The normalized spacial score (nSPS) is 17.0. The van der Waals surface area contributed by atoms with Gasteiger partial charge in [-0.25, -0.2) is 4.98 Å². The highest BCUT2D eigenvalue weighted by molar-refractivity contribution is 7.22. The number of hydrazone groups is 1. The van der Waals surface area contributed by atoms with Crippen molar-refractivity contribution in [2.24, 2.45) is 5.10 Å². The molecule has 0 atom stereocenters. The van der Waals surface area contributed by atoms with E-state index in [0.29, 0.717) is 0 Å². The van der Waals surface area contributed by atoms with Crippen molar-refractivity contribution in [1.82, 2.24) is 9.88 Å². The predicted octanol–water partition coefficient (Wildman–Crippen LogP) is 3.64. The molecule has 0 saturated carbocycles. The summed E-state index contributed by atoms with van der Waals surface area (Å²) in [6.07, 6.45) is 0.950. The van der Waals surface area contributed by atoms with Crippen LogP contribution in [0, 0.1) is 0 Å². The summed E-state index contributed by atoms with van der Waals surface area (Å²) >= 11 is 1.67. The zero-order valence-electron chi connectivity index (χ0n) is 14.2. The molecule has 1 aliphatic heterocycles. The minimum atomic E-state index is 0.862. The monoisotopic (exact) mass is 331 g/mol. The van der Waals surface area contributed by atoms with E-state index < -0.39 is 0 Å². The Labute approximate surface area is 142 Å². The lowest BCUT2D eigenvalue weighted by atomic mass is 10.2. The molecule has 0 unspecified atom stereocenters. The van der Waals surface area contributed by atoms with Gasteiger partial charge in [0.25, 0.3) is 0 Å². The number of benzene rings is 1. The van der Waals surface area contributed by atoms with E-state index in [1.807, 2.05) is 6.92 Å². The van der Waals surface area contributed by atoms with Crippen LogP contribution in [-0.2, 0) is 0 Å². The number of aromatic nitrogens is 1. The van der Waals surface area contributed by atoms with Crippen molar-refractivity contribution in [2.45, 2.75) is 27.2 Å². The second-order valence-electron chi connectivity index (χ2n) is 5.90. The molecule has 2 aromatic rings. The third-order valence-electron chi connectivity index (χ3n) is 4.41. The summed E-state index contributed by atoms with van der Waals surface area (Å²) in [5, 5.41) is 5.20. The Kier molecular flexibility index (Phi) is 5.13. The lowest BCUT2D eigenvalue weighted by molar-refractivity contribution is 0.271. The number of piperazine rings is 1. The molecule has 2 heterocycles. The number of likely N-dealkylation sites (N-methyl/N-ethyl adjacent to an activating group) is 1. The lowest BCUT2D eigenvalue weighted by Crippen LogP contribution is -2.46. The zero-order valence-corrected chi connectivity index (χ0v) is 15.0. The van der Waals surface area contributed by atoms with Crippen LogP contribution in [0.5, 0.6) is 0 Å². The van der Waals surface area contributed by atoms with E-state index in [2.05, 4.69) is 57.4 Å². The smallest absolute Gasteiger partial charge is 0.204 e. The summed E-state index contributed by atoms with van der Waals surface area (Å²) in [5.74, 6) is 0. The van der Waals surface area contributed by atoms with Gasteiger partial charge in [-0.2, -0.15) is 5.10 Å². The summed E-state index contributed by atoms with van der Waals surface area (Å²) < 4.78 is 1.22. The average molecular weight is 331 g/mol. The molecule has 1 fully saturated rings. The lowest BCUT2D eigenvalue weighted by Gasteiger charge is -2.35. The topological polar surface area (TPSA) is 43.8 Å². The zero-order chi connectivity index (χ0) is 16.2. The number of anilines is 2. The van der Waals surface area contributed by atoms with Gasteiger partial charge in [-0.3, -0.25) is 5.43 Å². The minimum Gasteiger partial charge on any atom is -0.369 e. The van der Waals surface area contributed by atoms with Crippen LogP contribution in [0.15, 0.2) is 23.3 Å². The molecule has 0 radical (unpaired) electrons. The number of nitrogens with zero attached hydrogens (tertiary/aromatic N) is 4. The molecule has 0 aliphatic carbocycles. The van der Waals surface area contributed by atoms with Crippen LogP contribution in [0.25, 0.3) is 10.2 Å². The van der Waals surface area contributed by atoms with Crippen molar-refractivity contribution in [3.05, 3.63) is 18.2 Å². The largest absolute Gasteiger partial charge is 0.369 e. The first-order chi connectivity index (χ1) is 11.2. The van der Waals surface area contributed by atoms with Gasteiger partial charge in [0.05, 0.1) is 10.2 Å². The number of fused-ring (bicyclic) bond motifs is 1. The van der Waals surface area contributed by atoms with E-state index in [9.17, 15) is 0 Å². The first kappa shape index (κ1) is 16.2. The van der Waals surface area contributed by atoms with Crippen LogP contribution in [0.3, 0.4) is 0 Å². The molecule has 6 heteroatoms. The molecule has 1 saturated heterocycles. The molecule has 1 aromatic carbocycles. The molecule has 1 aromatic heterocycles. The molecule has 23 heavy (non-hydrogen) atoms. The quantitative estimate of drug-likeness (QED) is 0.671. The van der Waals surface area contributed by atoms with Crippen molar-refractivity contribution >= 4 is 38.1 Å². The van der Waals surface area contributed by atoms with E-state index in [1.54, 1.807) is 11.3 Å². The highest BCUT2D eigenvalue weighted by Crippen LogP contribution is 2.30. The maximum absolute atomic E-state index is 4.60. The Balaban J connectivity index is 1.74. The summed E-state index contributed by atoms with van der Waals surface area (Å²) in [5.41, 5.74) is 6.50. The van der Waals surface area contributed by atoms with Gasteiger partial charge < -0.3 is 9.80 Å². The molecule has 3 rings (SSSR count). The first-order valence-electron chi connectivity index (χ1n) is 8.36. The molecule has 0 spiro atoms. The molecular formula is C17H25N5S. The van der Waals surface area contributed by atoms with Gasteiger partial charge >= 0.3 is 0 Å². The van der Waals surface area contributed by atoms with E-state index in [4.69, 9.17) is 0 Å². The molecule has 0 bridgehead atoms. The van der Waals surface area contributed by atoms with E-state index in [0.717, 1.165) is 55.5 Å². The summed E-state index contributed by atoms with van der Waals surface area (Å²) in [6.45, 7) is 12.0. The Bertz CT molecular complexity index is 685. The summed E-state index contributed by atoms with van der Waals surface area (Å²) in [7, 11) is 0. The maximum Gasteiger partial charge on any atom is 0.204 e. The predicted molar refractivity (Wildman–Crippen MR) is 101 cm³/mol. The van der Waals surface area contributed by atoms with Gasteiger partial charge in [-0.05, 0) is 38.1 Å². The van der Waals surface area contributed by atoms with Crippen LogP contribution < -0.4 is 10.3 Å². The van der Waals surface area contributed by atoms with Crippen LogP contribution in [0.1, 0.15) is 27.2 Å². The molecular weight excluding hydrogens is 306 g/mol. The van der Waals surface area contributed by atoms with Gasteiger partial charge in [0, 0.05) is 37.6 Å². The van der Waals surface area contributed by atoms with E-state index in [1.165, 1.54) is 10.4 Å². The fourth-order valence-electron chi connectivity index (χ4n) is 2.70. The average Bonchev–Trinajstić information content (AvgIpc) is 3.01. The molecule has 124 valence electrons. The van der Waals surface area contributed by atoms with E-state index >= 15 is 0 Å². The minimum absolute atomic E-state index is 0.862. The van der Waals surface area contributed by atoms with Crippen molar-refractivity contribution in [3.63, 3.8) is 0 Å². The van der Waals surface area contributed by atoms with Gasteiger partial charge in [-0.15, -0.1) is 0 Å². The van der Waals surface area contributed by atoms with Crippen molar-refractivity contribution in [1.29, 1.82) is 0 Å². The molecule has 1 N–H and O–H groups in total. The van der Waals surface area contributed by atoms with Crippen LogP contribution in [0.2, 0.25) is 0 Å². The van der Waals surface area contributed by atoms with Crippen LogP contribution in [-0.4, -0.2) is 48.3 Å². The van der Waals surface area contributed by atoms with Crippen LogP contribution >= 0.6 is 11.3 Å². The van der Waals surface area contributed by atoms with Gasteiger partial charge in [0.1, 0.15) is 0 Å². The first-order valence-corrected chi connectivity index (χ1v) is 9.18. The Hall–Kier alpha value is -1.66. The second-order valence-corrected chi connectivity index (χ2v) is 6.94. The van der Waals surface area contributed by atoms with Gasteiger partial charge in [-0.1, -0.05) is 25.2 Å². The van der Waals surface area contributed by atoms with Crippen molar-refractivity contribution < 1.29 is 0 Å². The number of hydrogen-bond acceptors (Lipinski definition) is 6. The number of nitrogens with one attached hydrogen (secondary N) is 1. The van der Waals surface area contributed by atoms with E-state index in [-0.39, 0.29) is 0 Å². The standard InChI is InChI=1S/C17H25N5S/c1-4-13(3)19-20-17-18-15-7-6-14(12-16(15)23-17)22-10-8-21(5-2)9-11-22/h6-7,12H,4-5,8-11H2,1-3H3,(H,18,20)/b19-13+. The summed E-state index contributed by atoms with van der Waals surface area (Å²) in [4.78, 5) is 9.57. The maximum atomic E-state index is 4.60. The van der Waals surface area contributed by atoms with Gasteiger partial charge in [0.15, 0.2) is 0 Å². The molecule has 0 amide bonds. The van der Waals surface area contributed by atoms with Gasteiger partial charge in [0.2, 0.25) is 5.13 Å². The van der Waals surface area contributed by atoms with Crippen molar-refractivity contribution in [3.8, 4) is 0 Å². The SMILES string of the molecule is CC/C(C)=N/Nc1nc2ccc(N3CCN(CC)CC3)cc2s1. The Morgan fingerprint density at radius 2 is 2.04 bits per heavy atom. The van der Waals surface area contributed by atoms with Crippen molar-refractivity contribution in [2.75, 3.05) is 43.0 Å². The number of thiazole rings is 1. The number of hydrogen-bond donors (Lipinski definition) is 1. The fourth-order valence-corrected chi connectivity index (χ4v) is 3.54.